The number of hydrogen-bond acceptors (Lipinski definition) is 10. The van der Waals surface area contributed by atoms with Gasteiger partial charge in [-0.3, -0.25) is 4.79 Å². The van der Waals surface area contributed by atoms with E-state index in [0.717, 1.165) is 0 Å². The summed E-state index contributed by atoms with van der Waals surface area (Å²) in [6.07, 6.45) is -7.20. The van der Waals surface area contributed by atoms with Gasteiger partial charge in [0, 0.05) is 6.42 Å². The van der Waals surface area contributed by atoms with Gasteiger partial charge < -0.3 is 45.6 Å². The number of Topliss-reactive ketones (excluding diaryl/α,β-unsaturated/α-hetero) is 1. The van der Waals surface area contributed by atoms with E-state index in [0.29, 0.717) is 6.29 Å². The minimum absolute atomic E-state index is 0.137. The van der Waals surface area contributed by atoms with Crippen molar-refractivity contribution in [3.63, 3.8) is 0 Å². The third-order valence-electron chi connectivity index (χ3n) is 2.36. The van der Waals surface area contributed by atoms with Gasteiger partial charge in [0.05, 0.1) is 19.3 Å². The molecule has 126 valence electrons. The topological polar surface area (TPSA) is 196 Å². The fourth-order valence-corrected chi connectivity index (χ4v) is 0.980. The lowest BCUT2D eigenvalue weighted by atomic mass is 10.1. The largest absolute Gasteiger partial charge is 0.394 e. The lowest BCUT2D eigenvalue weighted by molar-refractivity contribution is -0.142. The Bertz CT molecular complexity index is 284. The molecule has 0 saturated carbocycles. The summed E-state index contributed by atoms with van der Waals surface area (Å²) in [6.45, 7) is -2.21. The zero-order chi connectivity index (χ0) is 17.0. The standard InChI is InChI=1S/C6H12O6.C5H10O4/c7-1-3(9)5(11)6(12)4(10)2-8;6-2-1-4(8)5(9)3-7/h3,5-9,11-12H,1-2H2;2,4-5,7-9H,1,3H2/t3-,5-,6-;4-,5+/m10/s1. The van der Waals surface area contributed by atoms with Crippen LogP contribution in [0.3, 0.4) is 0 Å². The Kier molecular flexibility index (Phi) is 13.5. The van der Waals surface area contributed by atoms with Crippen LogP contribution in [-0.2, 0) is 9.59 Å². The molecule has 0 saturated heterocycles. The van der Waals surface area contributed by atoms with Crippen LogP contribution in [0.2, 0.25) is 0 Å². The molecule has 0 rings (SSSR count). The van der Waals surface area contributed by atoms with E-state index in [4.69, 9.17) is 40.9 Å². The van der Waals surface area contributed by atoms with Crippen LogP contribution in [0.1, 0.15) is 6.42 Å². The van der Waals surface area contributed by atoms with E-state index in [9.17, 15) is 9.59 Å². The van der Waals surface area contributed by atoms with E-state index >= 15 is 0 Å². The molecule has 0 aromatic carbocycles. The highest BCUT2D eigenvalue weighted by Crippen LogP contribution is 2.00. The van der Waals surface area contributed by atoms with Crippen LogP contribution in [0.15, 0.2) is 0 Å². The second kappa shape index (κ2) is 12.7. The molecule has 0 heterocycles. The molecule has 0 aliphatic carbocycles. The van der Waals surface area contributed by atoms with Crippen molar-refractivity contribution in [2.24, 2.45) is 0 Å². The molecule has 21 heavy (non-hydrogen) atoms. The zero-order valence-electron chi connectivity index (χ0n) is 11.2. The van der Waals surface area contributed by atoms with E-state index in [1.807, 2.05) is 0 Å². The molecule has 0 spiro atoms. The van der Waals surface area contributed by atoms with Crippen LogP contribution in [0, 0.1) is 0 Å². The number of aliphatic hydroxyl groups excluding tert-OH is 8. The highest BCUT2D eigenvalue weighted by atomic mass is 16.4. The fraction of sp³-hybridized carbons (Fsp3) is 0.818. The minimum Gasteiger partial charge on any atom is -0.394 e. The Morgan fingerprint density at radius 1 is 0.857 bits per heavy atom. The van der Waals surface area contributed by atoms with Crippen LogP contribution in [0.4, 0.5) is 0 Å². The first-order valence-corrected chi connectivity index (χ1v) is 5.95. The first-order valence-electron chi connectivity index (χ1n) is 5.95. The normalized spacial score (nSPS) is 17.7. The van der Waals surface area contributed by atoms with Crippen molar-refractivity contribution in [1.29, 1.82) is 0 Å². The van der Waals surface area contributed by atoms with Gasteiger partial charge in [0.1, 0.15) is 37.3 Å². The quantitative estimate of drug-likeness (QED) is 0.191. The highest BCUT2D eigenvalue weighted by Gasteiger charge is 2.28. The average Bonchev–Trinajstić information content (AvgIpc) is 2.51. The van der Waals surface area contributed by atoms with Gasteiger partial charge in [0.15, 0.2) is 5.78 Å². The van der Waals surface area contributed by atoms with Gasteiger partial charge in [-0.1, -0.05) is 0 Å². The van der Waals surface area contributed by atoms with Gasteiger partial charge in [-0.05, 0) is 0 Å². The van der Waals surface area contributed by atoms with Gasteiger partial charge in [-0.2, -0.15) is 0 Å². The maximum atomic E-state index is 10.5. The Hall–Kier alpha value is -0.980. The summed E-state index contributed by atoms with van der Waals surface area (Å²) in [5.74, 6) is -1.00. The zero-order valence-corrected chi connectivity index (χ0v) is 11.2. The maximum absolute atomic E-state index is 10.5. The Labute approximate surface area is 120 Å². The molecular formula is C11H22O10. The van der Waals surface area contributed by atoms with E-state index in [-0.39, 0.29) is 6.42 Å². The van der Waals surface area contributed by atoms with Crippen molar-refractivity contribution in [1.82, 2.24) is 0 Å². The van der Waals surface area contributed by atoms with Crippen LogP contribution in [0.25, 0.3) is 0 Å². The van der Waals surface area contributed by atoms with Gasteiger partial charge in [-0.25, -0.2) is 0 Å². The molecule has 0 aromatic rings. The lowest BCUT2D eigenvalue weighted by Gasteiger charge is -2.19. The summed E-state index contributed by atoms with van der Waals surface area (Å²) in [5, 5.41) is 68.5. The third kappa shape index (κ3) is 9.55. The summed E-state index contributed by atoms with van der Waals surface area (Å²) in [7, 11) is 0. The Morgan fingerprint density at radius 2 is 1.33 bits per heavy atom. The van der Waals surface area contributed by atoms with Crippen molar-refractivity contribution in [3.05, 3.63) is 0 Å². The van der Waals surface area contributed by atoms with E-state index in [1.54, 1.807) is 0 Å². The van der Waals surface area contributed by atoms with Gasteiger partial charge in [0.2, 0.25) is 0 Å². The van der Waals surface area contributed by atoms with Gasteiger partial charge >= 0.3 is 0 Å². The maximum Gasteiger partial charge on any atom is 0.189 e. The molecule has 10 heteroatoms. The molecule has 0 fully saturated rings. The predicted molar refractivity (Wildman–Crippen MR) is 67.0 cm³/mol. The molecule has 0 aliphatic rings. The van der Waals surface area contributed by atoms with E-state index < -0.39 is 56.1 Å². The Morgan fingerprint density at radius 3 is 1.67 bits per heavy atom. The van der Waals surface area contributed by atoms with Crippen molar-refractivity contribution >= 4 is 12.1 Å². The number of carbonyl (C=O) groups is 2. The fourth-order valence-electron chi connectivity index (χ4n) is 0.980. The van der Waals surface area contributed by atoms with Crippen LogP contribution < -0.4 is 0 Å². The third-order valence-corrected chi connectivity index (χ3v) is 2.36. The number of carbonyl (C=O) groups excluding carboxylic acids is 2. The van der Waals surface area contributed by atoms with Crippen LogP contribution >= 0.6 is 0 Å². The number of hydrogen-bond donors (Lipinski definition) is 8. The molecule has 10 nitrogen and oxygen atoms in total. The van der Waals surface area contributed by atoms with Crippen molar-refractivity contribution in [3.8, 4) is 0 Å². The second-order valence-corrected chi connectivity index (χ2v) is 4.03. The molecule has 5 atom stereocenters. The minimum atomic E-state index is -1.86. The molecule has 0 amide bonds. The molecule has 0 bridgehead atoms. The van der Waals surface area contributed by atoms with Crippen LogP contribution in [0.5, 0.6) is 0 Å². The molecule has 8 N–H and O–H groups in total. The first-order chi connectivity index (χ1) is 9.76. The monoisotopic (exact) mass is 314 g/mol. The smallest absolute Gasteiger partial charge is 0.189 e. The number of aliphatic hydroxyl groups is 8. The van der Waals surface area contributed by atoms with Crippen molar-refractivity contribution < 1.29 is 50.4 Å². The molecule has 0 aromatic heterocycles. The molecular weight excluding hydrogens is 292 g/mol. The summed E-state index contributed by atoms with van der Waals surface area (Å²) in [6, 6.07) is 0. The Balaban J connectivity index is 0. The lowest BCUT2D eigenvalue weighted by Crippen LogP contribution is -2.44. The summed E-state index contributed by atoms with van der Waals surface area (Å²) < 4.78 is 0. The van der Waals surface area contributed by atoms with Gasteiger partial charge in [0.25, 0.3) is 0 Å². The molecule has 0 aliphatic heterocycles. The molecule has 0 unspecified atom stereocenters. The second-order valence-electron chi connectivity index (χ2n) is 4.03. The van der Waals surface area contributed by atoms with E-state index in [1.165, 1.54) is 0 Å². The highest BCUT2D eigenvalue weighted by molar-refractivity contribution is 5.84. The summed E-state index contributed by atoms with van der Waals surface area (Å²) in [5.41, 5.74) is 0. The number of rotatable bonds is 9. The number of aldehydes is 1. The van der Waals surface area contributed by atoms with Crippen molar-refractivity contribution in [2.45, 2.75) is 36.9 Å². The number of ketones is 1. The SMILES string of the molecule is O=C(CO)[C@@H](O)[C@H](O)[C@H](O)CO.O=CC[C@H](O)[C@H](O)CO. The van der Waals surface area contributed by atoms with Gasteiger partial charge in [-0.15, -0.1) is 0 Å². The van der Waals surface area contributed by atoms with E-state index in [2.05, 4.69) is 0 Å². The first kappa shape index (κ1) is 22.3. The van der Waals surface area contributed by atoms with Crippen LogP contribution in [-0.4, -0.2) is 103 Å². The summed E-state index contributed by atoms with van der Waals surface area (Å²) >= 11 is 0. The molecule has 0 radical (unpaired) electrons. The van der Waals surface area contributed by atoms with Crippen molar-refractivity contribution in [2.75, 3.05) is 19.8 Å². The average molecular weight is 314 g/mol. The predicted octanol–water partition coefficient (Wildman–Crippen LogP) is -5.09. The summed E-state index contributed by atoms with van der Waals surface area (Å²) in [4.78, 5) is 20.2.